The molecule has 1 aromatic carbocycles. The molecular formula is C18H23F2NO5. The van der Waals surface area contributed by atoms with Crippen LogP contribution in [0.15, 0.2) is 18.2 Å². The van der Waals surface area contributed by atoms with Crippen LogP contribution in [0.4, 0.5) is 8.78 Å². The number of halogens is 2. The highest BCUT2D eigenvalue weighted by Crippen LogP contribution is 2.30. The van der Waals surface area contributed by atoms with E-state index >= 15 is 0 Å². The van der Waals surface area contributed by atoms with Gasteiger partial charge in [0.2, 0.25) is 0 Å². The molecule has 8 heteroatoms. The zero-order valence-corrected chi connectivity index (χ0v) is 14.5. The van der Waals surface area contributed by atoms with E-state index in [0.717, 1.165) is 25.7 Å². The standard InChI is InChI=1S/C18H23F2NO5/c1-25-14-9-8-11(10-15(14)26-18(19)20)16(22)21-13-7-5-3-2-4-6-12(13)17(23)24/h8-10,12-13,18H,2-7H2,1H3,(H,21,22)(H,23,24). The number of carbonyl (C=O) groups is 2. The van der Waals surface area contributed by atoms with Crippen molar-refractivity contribution in [1.82, 2.24) is 5.32 Å². The maximum absolute atomic E-state index is 12.5. The molecule has 6 nitrogen and oxygen atoms in total. The molecule has 0 radical (unpaired) electrons. The van der Waals surface area contributed by atoms with Gasteiger partial charge in [-0.2, -0.15) is 8.78 Å². The number of alkyl halides is 2. The summed E-state index contributed by atoms with van der Waals surface area (Å²) in [7, 11) is 1.30. The highest BCUT2D eigenvalue weighted by atomic mass is 19.3. The van der Waals surface area contributed by atoms with Gasteiger partial charge in [-0.15, -0.1) is 0 Å². The van der Waals surface area contributed by atoms with Crippen LogP contribution in [0.25, 0.3) is 0 Å². The van der Waals surface area contributed by atoms with E-state index in [1.807, 2.05) is 0 Å². The lowest BCUT2D eigenvalue weighted by Crippen LogP contribution is -2.43. The van der Waals surface area contributed by atoms with Crippen molar-refractivity contribution in [3.63, 3.8) is 0 Å². The molecule has 1 aliphatic rings. The quantitative estimate of drug-likeness (QED) is 0.800. The van der Waals surface area contributed by atoms with Crippen LogP contribution in [0, 0.1) is 5.92 Å². The van der Waals surface area contributed by atoms with Crippen molar-refractivity contribution in [2.24, 2.45) is 5.92 Å². The molecule has 0 aromatic heterocycles. The Balaban J connectivity index is 2.17. The van der Waals surface area contributed by atoms with E-state index in [0.29, 0.717) is 12.8 Å². The van der Waals surface area contributed by atoms with Crippen molar-refractivity contribution >= 4 is 11.9 Å². The van der Waals surface area contributed by atoms with Gasteiger partial charge in [-0.05, 0) is 31.0 Å². The summed E-state index contributed by atoms with van der Waals surface area (Å²) in [5.74, 6) is -2.29. The zero-order chi connectivity index (χ0) is 19.1. The number of benzene rings is 1. The van der Waals surface area contributed by atoms with Gasteiger partial charge in [-0.1, -0.05) is 25.7 Å². The fraction of sp³-hybridized carbons (Fsp3) is 0.556. The van der Waals surface area contributed by atoms with Crippen LogP contribution < -0.4 is 14.8 Å². The molecule has 2 atom stereocenters. The first-order valence-corrected chi connectivity index (χ1v) is 8.59. The van der Waals surface area contributed by atoms with E-state index in [1.54, 1.807) is 0 Å². The van der Waals surface area contributed by atoms with Crippen molar-refractivity contribution in [3.8, 4) is 11.5 Å². The summed E-state index contributed by atoms with van der Waals surface area (Å²) in [6, 6.07) is 3.45. The van der Waals surface area contributed by atoms with Gasteiger partial charge in [0.05, 0.1) is 13.0 Å². The number of carboxylic acid groups (broad SMARTS) is 1. The van der Waals surface area contributed by atoms with Crippen LogP contribution in [-0.4, -0.2) is 36.7 Å². The SMILES string of the molecule is COc1ccc(C(=O)NC2CCCCCCC2C(=O)O)cc1OC(F)F. The van der Waals surface area contributed by atoms with Gasteiger partial charge in [0, 0.05) is 11.6 Å². The Morgan fingerprint density at radius 2 is 1.85 bits per heavy atom. The first kappa shape index (κ1) is 19.9. The van der Waals surface area contributed by atoms with Crippen molar-refractivity contribution < 1.29 is 33.0 Å². The van der Waals surface area contributed by atoms with Crippen molar-refractivity contribution in [1.29, 1.82) is 0 Å². The number of carbonyl (C=O) groups excluding carboxylic acids is 1. The molecule has 144 valence electrons. The number of carboxylic acids is 1. The molecule has 0 saturated heterocycles. The summed E-state index contributed by atoms with van der Waals surface area (Å²) in [6.45, 7) is -3.05. The fourth-order valence-electron chi connectivity index (χ4n) is 3.21. The molecule has 2 unspecified atom stereocenters. The van der Waals surface area contributed by atoms with E-state index < -0.39 is 30.4 Å². The zero-order valence-electron chi connectivity index (χ0n) is 14.5. The number of hydrogen-bond acceptors (Lipinski definition) is 4. The van der Waals surface area contributed by atoms with Crippen LogP contribution >= 0.6 is 0 Å². The number of amides is 1. The molecule has 2 rings (SSSR count). The number of methoxy groups -OCH3 is 1. The minimum absolute atomic E-state index is 0.0798. The molecule has 1 aromatic rings. The lowest BCUT2D eigenvalue weighted by atomic mass is 9.86. The van der Waals surface area contributed by atoms with E-state index in [-0.39, 0.29) is 17.1 Å². The number of rotatable bonds is 6. The second-order valence-electron chi connectivity index (χ2n) is 6.26. The average Bonchev–Trinajstić information content (AvgIpc) is 2.56. The molecule has 26 heavy (non-hydrogen) atoms. The molecular weight excluding hydrogens is 348 g/mol. The predicted octanol–water partition coefficient (Wildman–Crippen LogP) is 3.45. The summed E-state index contributed by atoms with van der Waals surface area (Å²) in [4.78, 5) is 24.1. The van der Waals surface area contributed by atoms with Gasteiger partial charge in [0.15, 0.2) is 11.5 Å². The molecule has 0 bridgehead atoms. The van der Waals surface area contributed by atoms with E-state index in [1.165, 1.54) is 25.3 Å². The van der Waals surface area contributed by atoms with Gasteiger partial charge >= 0.3 is 12.6 Å². The number of hydrogen-bond donors (Lipinski definition) is 2. The molecule has 1 amide bonds. The molecule has 0 aliphatic heterocycles. The summed E-state index contributed by atoms with van der Waals surface area (Å²) < 4.78 is 34.4. The fourth-order valence-corrected chi connectivity index (χ4v) is 3.21. The second-order valence-corrected chi connectivity index (χ2v) is 6.26. The number of ether oxygens (including phenoxy) is 2. The molecule has 2 N–H and O–H groups in total. The topological polar surface area (TPSA) is 84.9 Å². The van der Waals surface area contributed by atoms with Gasteiger partial charge in [0.1, 0.15) is 0 Å². The van der Waals surface area contributed by atoms with Crippen LogP contribution in [0.5, 0.6) is 11.5 Å². The van der Waals surface area contributed by atoms with Gasteiger partial charge in [0.25, 0.3) is 5.91 Å². The van der Waals surface area contributed by atoms with E-state index in [4.69, 9.17) is 4.74 Å². The van der Waals surface area contributed by atoms with Gasteiger partial charge < -0.3 is 19.9 Å². The maximum Gasteiger partial charge on any atom is 0.387 e. The van der Waals surface area contributed by atoms with Gasteiger partial charge in [-0.3, -0.25) is 9.59 Å². The van der Waals surface area contributed by atoms with Gasteiger partial charge in [-0.25, -0.2) is 0 Å². The van der Waals surface area contributed by atoms with E-state index in [9.17, 15) is 23.5 Å². The summed E-state index contributed by atoms with van der Waals surface area (Å²) in [5.41, 5.74) is 0.104. The van der Waals surface area contributed by atoms with Crippen molar-refractivity contribution in [2.45, 2.75) is 51.2 Å². The molecule has 0 heterocycles. The lowest BCUT2D eigenvalue weighted by Gasteiger charge is -2.27. The molecule has 0 spiro atoms. The normalized spacial score (nSPS) is 20.8. The smallest absolute Gasteiger partial charge is 0.387 e. The number of nitrogens with one attached hydrogen (secondary N) is 1. The first-order chi connectivity index (χ1) is 12.4. The minimum atomic E-state index is -3.05. The van der Waals surface area contributed by atoms with Crippen LogP contribution in [0.1, 0.15) is 48.9 Å². The van der Waals surface area contributed by atoms with Crippen LogP contribution in [0.2, 0.25) is 0 Å². The summed E-state index contributed by atoms with van der Waals surface area (Å²) in [5, 5.41) is 12.2. The third-order valence-electron chi connectivity index (χ3n) is 4.54. The van der Waals surface area contributed by atoms with E-state index in [2.05, 4.69) is 10.1 Å². The molecule has 1 fully saturated rings. The minimum Gasteiger partial charge on any atom is -0.493 e. The van der Waals surface area contributed by atoms with Crippen molar-refractivity contribution in [2.75, 3.05) is 7.11 Å². The second kappa shape index (κ2) is 9.35. The third-order valence-corrected chi connectivity index (χ3v) is 4.54. The third kappa shape index (κ3) is 5.31. The first-order valence-electron chi connectivity index (χ1n) is 8.59. The maximum atomic E-state index is 12.5. The molecule has 1 saturated carbocycles. The molecule has 1 aliphatic carbocycles. The van der Waals surface area contributed by atoms with Crippen LogP contribution in [-0.2, 0) is 4.79 Å². The number of aliphatic carboxylic acids is 1. The average molecular weight is 371 g/mol. The van der Waals surface area contributed by atoms with Crippen molar-refractivity contribution in [3.05, 3.63) is 23.8 Å². The summed E-state index contributed by atoms with van der Waals surface area (Å²) >= 11 is 0. The Bertz CT molecular complexity index is 638. The Hall–Kier alpha value is -2.38. The van der Waals surface area contributed by atoms with Crippen LogP contribution in [0.3, 0.4) is 0 Å². The Morgan fingerprint density at radius 1 is 1.15 bits per heavy atom. The Morgan fingerprint density at radius 3 is 2.46 bits per heavy atom. The lowest BCUT2D eigenvalue weighted by molar-refractivity contribution is -0.143. The predicted molar refractivity (Wildman–Crippen MR) is 89.7 cm³/mol. The Labute approximate surface area is 150 Å². The monoisotopic (exact) mass is 371 g/mol. The highest BCUT2D eigenvalue weighted by molar-refractivity contribution is 5.95. The highest BCUT2D eigenvalue weighted by Gasteiger charge is 2.30. The summed E-state index contributed by atoms with van der Waals surface area (Å²) in [6.07, 6.45) is 4.68. The largest absolute Gasteiger partial charge is 0.493 e. The Kier molecular flexibility index (Phi) is 7.17.